The van der Waals surface area contributed by atoms with Crippen LogP contribution < -0.4 is 10.1 Å². The molecule has 0 aliphatic heterocycles. The highest BCUT2D eigenvalue weighted by atomic mass is 127. The van der Waals surface area contributed by atoms with Gasteiger partial charge in [-0.1, -0.05) is 0 Å². The molecule has 1 aromatic rings. The van der Waals surface area contributed by atoms with Crippen LogP contribution in [0.2, 0.25) is 0 Å². The van der Waals surface area contributed by atoms with E-state index < -0.39 is 16.6 Å². The average molecular weight is 570 g/mol. The molecular weight excluding hydrogens is 539 g/mol. The van der Waals surface area contributed by atoms with Crippen LogP contribution in [0.4, 0.5) is 16.2 Å². The highest BCUT2D eigenvalue weighted by Crippen LogP contribution is 2.34. The molecule has 1 aromatic carbocycles. The van der Waals surface area contributed by atoms with Crippen LogP contribution in [0.3, 0.4) is 0 Å². The van der Waals surface area contributed by atoms with Gasteiger partial charge in [0.2, 0.25) is 0 Å². The molecule has 0 fully saturated rings. The Morgan fingerprint density at radius 1 is 1.00 bits per heavy atom. The number of nitrogens with zero attached hydrogens (tertiary/aromatic N) is 1. The molecule has 12 heteroatoms. The molecule has 0 radical (unpaired) electrons. The van der Waals surface area contributed by atoms with Crippen LogP contribution >= 0.6 is 22.6 Å². The number of rotatable bonds is 15. The summed E-state index contributed by atoms with van der Waals surface area (Å²) in [6.45, 7) is 8.48. The summed E-state index contributed by atoms with van der Waals surface area (Å²) in [5.74, 6) is 0.385. The summed E-state index contributed by atoms with van der Waals surface area (Å²) in [5, 5.41) is 13.8. The molecule has 32 heavy (non-hydrogen) atoms. The van der Waals surface area contributed by atoms with E-state index in [1.807, 2.05) is 22.6 Å². The van der Waals surface area contributed by atoms with Gasteiger partial charge in [-0.05, 0) is 43.4 Å². The van der Waals surface area contributed by atoms with Crippen LogP contribution in [0.25, 0.3) is 0 Å². The Hall–Kier alpha value is -1.74. The topological polar surface area (TPSA) is 128 Å². The molecule has 1 rings (SSSR count). The number of nitrogens with one attached hydrogen (secondary N) is 1. The van der Waals surface area contributed by atoms with Crippen molar-refractivity contribution in [1.29, 1.82) is 0 Å². The van der Waals surface area contributed by atoms with Crippen LogP contribution in [0.1, 0.15) is 20.8 Å². The highest BCUT2D eigenvalue weighted by Gasteiger charge is 2.23. The third kappa shape index (κ3) is 12.3. The van der Waals surface area contributed by atoms with Crippen molar-refractivity contribution in [1.82, 2.24) is 0 Å². The lowest BCUT2D eigenvalue weighted by Gasteiger charge is -2.20. The molecule has 0 aromatic heterocycles. The van der Waals surface area contributed by atoms with Crippen molar-refractivity contribution >= 4 is 40.1 Å². The summed E-state index contributed by atoms with van der Waals surface area (Å²) in [6.07, 6.45) is -0.791. The zero-order chi connectivity index (χ0) is 24.0. The molecule has 1 N–H and O–H groups in total. The number of hydrogen-bond donors (Lipinski definition) is 1. The number of methoxy groups -OCH3 is 1. The van der Waals surface area contributed by atoms with Gasteiger partial charge in [0.05, 0.1) is 54.7 Å². The van der Waals surface area contributed by atoms with E-state index in [1.165, 1.54) is 12.1 Å². The zero-order valence-electron chi connectivity index (χ0n) is 18.8. The number of amides is 1. The van der Waals surface area contributed by atoms with E-state index >= 15 is 0 Å². The van der Waals surface area contributed by atoms with Crippen molar-refractivity contribution in [2.45, 2.75) is 26.4 Å². The van der Waals surface area contributed by atoms with Crippen LogP contribution in [0.5, 0.6) is 5.75 Å². The molecule has 0 spiro atoms. The van der Waals surface area contributed by atoms with Gasteiger partial charge in [0.1, 0.15) is 23.6 Å². The standard InChI is InChI=1S/C20H31IN2O9/c1-20(2,3)32-19(24)22-16-14-18(15(21)13-17(16)23(25)26)31-12-11-30-10-9-29-8-7-28-6-5-27-4/h13-14H,5-12H2,1-4H3,(H,22,24). The number of nitro benzene ring substituents is 1. The monoisotopic (exact) mass is 570 g/mol. The molecule has 0 atom stereocenters. The summed E-state index contributed by atoms with van der Waals surface area (Å²) >= 11 is 1.93. The van der Waals surface area contributed by atoms with Crippen LogP contribution in [-0.4, -0.2) is 76.6 Å². The maximum Gasteiger partial charge on any atom is 0.412 e. The maximum absolute atomic E-state index is 12.0. The normalized spacial score (nSPS) is 11.3. The summed E-state index contributed by atoms with van der Waals surface area (Å²) in [5.41, 5.74) is -1.01. The average Bonchev–Trinajstić information content (AvgIpc) is 2.69. The number of nitro groups is 1. The number of halogens is 1. The predicted octanol–water partition coefficient (Wildman–Crippen LogP) is 3.62. The molecule has 0 saturated carbocycles. The molecule has 0 heterocycles. The Morgan fingerprint density at radius 3 is 2.03 bits per heavy atom. The first-order valence-corrected chi connectivity index (χ1v) is 11.0. The minimum atomic E-state index is -0.791. The Bertz CT molecular complexity index is 726. The van der Waals surface area contributed by atoms with E-state index in [0.29, 0.717) is 55.6 Å². The summed E-state index contributed by atoms with van der Waals surface area (Å²) in [7, 11) is 1.61. The second-order valence-electron chi connectivity index (χ2n) is 7.36. The van der Waals surface area contributed by atoms with Crippen molar-refractivity contribution in [2.24, 2.45) is 0 Å². The Morgan fingerprint density at radius 2 is 1.53 bits per heavy atom. The fraction of sp³-hybridized carbons (Fsp3) is 0.650. The van der Waals surface area contributed by atoms with Gasteiger partial charge in [0.25, 0.3) is 5.69 Å². The summed E-state index contributed by atoms with van der Waals surface area (Å²) < 4.78 is 32.3. The third-order valence-corrected chi connectivity index (χ3v) is 4.39. The molecule has 0 aliphatic carbocycles. The number of carbonyl (C=O) groups excluding carboxylic acids is 1. The molecular formula is C20H31IN2O9. The SMILES string of the molecule is COCCOCCOCCOCCOc1cc(NC(=O)OC(C)(C)C)c([N+](=O)[O-])cc1I. The van der Waals surface area contributed by atoms with Gasteiger partial charge in [0.15, 0.2) is 0 Å². The first-order chi connectivity index (χ1) is 15.1. The highest BCUT2D eigenvalue weighted by molar-refractivity contribution is 14.1. The molecule has 0 unspecified atom stereocenters. The maximum atomic E-state index is 12.0. The van der Waals surface area contributed by atoms with Crippen molar-refractivity contribution in [3.63, 3.8) is 0 Å². The van der Waals surface area contributed by atoms with Crippen molar-refractivity contribution < 1.29 is 38.1 Å². The van der Waals surface area contributed by atoms with Crippen LogP contribution in [0.15, 0.2) is 12.1 Å². The lowest BCUT2D eigenvalue weighted by molar-refractivity contribution is -0.384. The van der Waals surface area contributed by atoms with Gasteiger partial charge in [-0.15, -0.1) is 0 Å². The third-order valence-electron chi connectivity index (χ3n) is 3.54. The van der Waals surface area contributed by atoms with Gasteiger partial charge < -0.3 is 28.4 Å². The minimum Gasteiger partial charge on any atom is -0.490 e. The Balaban J connectivity index is 2.44. The van der Waals surface area contributed by atoms with Gasteiger partial charge in [-0.2, -0.15) is 0 Å². The minimum absolute atomic E-state index is 0.0123. The Labute approximate surface area is 201 Å². The van der Waals surface area contributed by atoms with E-state index in [-0.39, 0.29) is 18.0 Å². The molecule has 0 bridgehead atoms. The molecule has 0 aliphatic rings. The number of anilines is 1. The second kappa shape index (κ2) is 15.2. The zero-order valence-corrected chi connectivity index (χ0v) is 21.0. The second-order valence-corrected chi connectivity index (χ2v) is 8.52. The number of ether oxygens (including phenoxy) is 6. The van der Waals surface area contributed by atoms with E-state index in [4.69, 9.17) is 28.4 Å². The first-order valence-electron chi connectivity index (χ1n) is 9.97. The molecule has 11 nitrogen and oxygen atoms in total. The van der Waals surface area contributed by atoms with Crippen molar-refractivity contribution in [3.05, 3.63) is 25.8 Å². The molecule has 1 amide bonds. The Kier molecular flexibility index (Phi) is 13.4. The quantitative estimate of drug-likeness (QED) is 0.146. The van der Waals surface area contributed by atoms with Gasteiger partial charge in [-0.25, -0.2) is 4.79 Å². The fourth-order valence-electron chi connectivity index (χ4n) is 2.21. The van der Waals surface area contributed by atoms with Gasteiger partial charge in [-0.3, -0.25) is 15.4 Å². The van der Waals surface area contributed by atoms with Crippen LogP contribution in [-0.2, 0) is 23.7 Å². The van der Waals surface area contributed by atoms with E-state index in [1.54, 1.807) is 27.9 Å². The summed E-state index contributed by atoms with van der Waals surface area (Å²) in [4.78, 5) is 22.8. The smallest absolute Gasteiger partial charge is 0.412 e. The largest absolute Gasteiger partial charge is 0.490 e. The first kappa shape index (κ1) is 28.3. The molecule has 182 valence electrons. The number of hydrogen-bond acceptors (Lipinski definition) is 9. The van der Waals surface area contributed by atoms with Gasteiger partial charge in [0, 0.05) is 19.2 Å². The molecule has 0 saturated heterocycles. The van der Waals surface area contributed by atoms with Crippen molar-refractivity contribution in [2.75, 3.05) is 65.3 Å². The lowest BCUT2D eigenvalue weighted by Crippen LogP contribution is -2.27. The van der Waals surface area contributed by atoms with Gasteiger partial charge >= 0.3 is 6.09 Å². The van der Waals surface area contributed by atoms with Crippen LogP contribution in [0, 0.1) is 13.7 Å². The fourth-order valence-corrected chi connectivity index (χ4v) is 2.82. The van der Waals surface area contributed by atoms with E-state index in [9.17, 15) is 14.9 Å². The number of benzene rings is 1. The van der Waals surface area contributed by atoms with E-state index in [2.05, 4.69) is 5.32 Å². The van der Waals surface area contributed by atoms with Crippen molar-refractivity contribution in [3.8, 4) is 5.75 Å². The number of carbonyl (C=O) groups is 1. The van der Waals surface area contributed by atoms with E-state index in [0.717, 1.165) is 0 Å². The lowest BCUT2D eigenvalue weighted by atomic mass is 10.2. The summed E-state index contributed by atoms with van der Waals surface area (Å²) in [6, 6.07) is 2.72. The predicted molar refractivity (Wildman–Crippen MR) is 125 cm³/mol.